The van der Waals surface area contributed by atoms with E-state index in [1.807, 2.05) is 26.0 Å². The molecule has 1 aromatic heterocycles. The summed E-state index contributed by atoms with van der Waals surface area (Å²) >= 11 is 0. The second-order valence-corrected chi connectivity index (χ2v) is 6.35. The lowest BCUT2D eigenvalue weighted by Gasteiger charge is -2.16. The summed E-state index contributed by atoms with van der Waals surface area (Å²) in [6.07, 6.45) is 0.554. The van der Waals surface area contributed by atoms with E-state index in [9.17, 15) is 4.79 Å². The Bertz CT molecular complexity index is 659. The van der Waals surface area contributed by atoms with Crippen LogP contribution in [0.2, 0.25) is 0 Å². The number of aryl methyl sites for hydroxylation is 2. The molecule has 0 saturated heterocycles. The van der Waals surface area contributed by atoms with Gasteiger partial charge in [-0.3, -0.25) is 4.79 Å². The molecule has 4 heteroatoms. The van der Waals surface area contributed by atoms with Gasteiger partial charge in [-0.2, -0.15) is 0 Å². The predicted octanol–water partition coefficient (Wildman–Crippen LogP) is 3.96. The van der Waals surface area contributed by atoms with E-state index in [2.05, 4.69) is 31.1 Å². The number of nitrogens with zero attached hydrogens (tertiary/aromatic N) is 2. The van der Waals surface area contributed by atoms with Crippen LogP contribution in [0.25, 0.3) is 11.3 Å². The average Bonchev–Trinajstić information content (AvgIpc) is 2.86. The van der Waals surface area contributed by atoms with Crippen molar-refractivity contribution in [2.75, 3.05) is 7.05 Å². The van der Waals surface area contributed by atoms with E-state index in [1.54, 1.807) is 11.9 Å². The summed E-state index contributed by atoms with van der Waals surface area (Å²) in [7, 11) is 1.80. The Morgan fingerprint density at radius 1 is 1.27 bits per heavy atom. The average molecular weight is 300 g/mol. The van der Waals surface area contributed by atoms with Crippen molar-refractivity contribution in [2.24, 2.45) is 5.92 Å². The van der Waals surface area contributed by atoms with Crippen molar-refractivity contribution in [3.8, 4) is 11.3 Å². The Morgan fingerprint density at radius 2 is 2.00 bits per heavy atom. The highest BCUT2D eigenvalue weighted by molar-refractivity contribution is 5.76. The largest absolute Gasteiger partial charge is 0.356 e. The monoisotopic (exact) mass is 300 g/mol. The van der Waals surface area contributed by atoms with E-state index in [-0.39, 0.29) is 5.91 Å². The van der Waals surface area contributed by atoms with Gasteiger partial charge in [0.25, 0.3) is 0 Å². The third-order valence-electron chi connectivity index (χ3n) is 3.61. The second kappa shape index (κ2) is 6.77. The molecule has 0 aliphatic carbocycles. The first kappa shape index (κ1) is 16.3. The van der Waals surface area contributed by atoms with E-state index < -0.39 is 0 Å². The molecular weight excluding hydrogens is 276 g/mol. The van der Waals surface area contributed by atoms with Gasteiger partial charge < -0.3 is 9.42 Å². The molecule has 2 aromatic rings. The third-order valence-corrected chi connectivity index (χ3v) is 3.61. The topological polar surface area (TPSA) is 46.3 Å². The zero-order valence-corrected chi connectivity index (χ0v) is 14.0. The van der Waals surface area contributed by atoms with E-state index >= 15 is 0 Å². The predicted molar refractivity (Wildman–Crippen MR) is 87.3 cm³/mol. The number of amides is 1. The molecule has 1 heterocycles. The number of hydrogen-bond donors (Lipinski definition) is 0. The maximum atomic E-state index is 12.0. The van der Waals surface area contributed by atoms with Gasteiger partial charge >= 0.3 is 0 Å². The summed E-state index contributed by atoms with van der Waals surface area (Å²) in [4.78, 5) is 13.7. The standard InChI is InChI=1S/C18H24N2O2/c1-12(2)8-18(21)20(5)11-15-10-17(22-19-15)16-7-6-13(3)9-14(16)4/h6-7,9-10,12H,8,11H2,1-5H3. The summed E-state index contributed by atoms with van der Waals surface area (Å²) < 4.78 is 5.45. The van der Waals surface area contributed by atoms with Gasteiger partial charge in [0.05, 0.1) is 6.54 Å². The molecule has 0 N–H and O–H groups in total. The normalized spacial score (nSPS) is 11.0. The first-order valence-electron chi connectivity index (χ1n) is 7.64. The molecule has 0 bridgehead atoms. The smallest absolute Gasteiger partial charge is 0.222 e. The molecule has 0 atom stereocenters. The highest BCUT2D eigenvalue weighted by atomic mass is 16.5. The van der Waals surface area contributed by atoms with Crippen molar-refractivity contribution < 1.29 is 9.32 Å². The first-order valence-corrected chi connectivity index (χ1v) is 7.64. The summed E-state index contributed by atoms with van der Waals surface area (Å²) in [5.41, 5.74) is 4.20. The lowest BCUT2D eigenvalue weighted by molar-refractivity contribution is -0.131. The van der Waals surface area contributed by atoms with Crippen LogP contribution in [-0.4, -0.2) is 23.0 Å². The Labute approximate surface area is 132 Å². The third kappa shape index (κ3) is 3.97. The van der Waals surface area contributed by atoms with Crippen molar-refractivity contribution in [1.82, 2.24) is 10.1 Å². The van der Waals surface area contributed by atoms with Gasteiger partial charge in [0, 0.05) is 25.1 Å². The van der Waals surface area contributed by atoms with E-state index in [0.717, 1.165) is 22.6 Å². The number of carbonyl (C=O) groups excluding carboxylic acids is 1. The van der Waals surface area contributed by atoms with Crippen molar-refractivity contribution in [3.05, 3.63) is 41.1 Å². The fourth-order valence-corrected chi connectivity index (χ4v) is 2.44. The number of rotatable bonds is 5. The van der Waals surface area contributed by atoms with Crippen LogP contribution < -0.4 is 0 Å². The van der Waals surface area contributed by atoms with Gasteiger partial charge in [0.15, 0.2) is 5.76 Å². The molecule has 0 spiro atoms. The van der Waals surface area contributed by atoms with Crippen LogP contribution in [0, 0.1) is 19.8 Å². The highest BCUT2D eigenvalue weighted by Gasteiger charge is 2.15. The van der Waals surface area contributed by atoms with Crippen LogP contribution in [-0.2, 0) is 11.3 Å². The van der Waals surface area contributed by atoms with Gasteiger partial charge in [-0.15, -0.1) is 0 Å². The molecule has 0 radical (unpaired) electrons. The summed E-state index contributed by atoms with van der Waals surface area (Å²) in [6.45, 7) is 8.68. The fraction of sp³-hybridized carbons (Fsp3) is 0.444. The first-order chi connectivity index (χ1) is 10.4. The molecule has 0 aliphatic heterocycles. The van der Waals surface area contributed by atoms with E-state index in [0.29, 0.717) is 18.9 Å². The van der Waals surface area contributed by atoms with Crippen molar-refractivity contribution in [2.45, 2.75) is 40.7 Å². The van der Waals surface area contributed by atoms with Crippen molar-refractivity contribution in [1.29, 1.82) is 0 Å². The van der Waals surface area contributed by atoms with Gasteiger partial charge in [-0.25, -0.2) is 0 Å². The number of aromatic nitrogens is 1. The maximum absolute atomic E-state index is 12.0. The quantitative estimate of drug-likeness (QED) is 0.839. The van der Waals surface area contributed by atoms with Gasteiger partial charge in [-0.1, -0.05) is 42.8 Å². The molecule has 4 nitrogen and oxygen atoms in total. The zero-order chi connectivity index (χ0) is 16.3. The van der Waals surface area contributed by atoms with Gasteiger partial charge in [0.2, 0.25) is 5.91 Å². The van der Waals surface area contributed by atoms with Crippen LogP contribution >= 0.6 is 0 Å². The number of carbonyl (C=O) groups is 1. The second-order valence-electron chi connectivity index (χ2n) is 6.35. The van der Waals surface area contributed by atoms with Crippen LogP contribution in [0.5, 0.6) is 0 Å². The Balaban J connectivity index is 2.10. The van der Waals surface area contributed by atoms with E-state index in [4.69, 9.17) is 4.52 Å². The fourth-order valence-electron chi connectivity index (χ4n) is 2.44. The number of hydrogen-bond acceptors (Lipinski definition) is 3. The van der Waals surface area contributed by atoms with Gasteiger partial charge in [-0.05, 0) is 25.3 Å². The number of benzene rings is 1. The minimum Gasteiger partial charge on any atom is -0.356 e. The maximum Gasteiger partial charge on any atom is 0.222 e. The molecule has 1 aromatic carbocycles. The molecule has 22 heavy (non-hydrogen) atoms. The van der Waals surface area contributed by atoms with E-state index in [1.165, 1.54) is 5.56 Å². The Morgan fingerprint density at radius 3 is 2.64 bits per heavy atom. The summed E-state index contributed by atoms with van der Waals surface area (Å²) in [6, 6.07) is 8.14. The lowest BCUT2D eigenvalue weighted by Crippen LogP contribution is -2.27. The molecule has 0 saturated carbocycles. The molecule has 2 rings (SSSR count). The zero-order valence-electron chi connectivity index (χ0n) is 14.0. The summed E-state index contributed by atoms with van der Waals surface area (Å²) in [5, 5.41) is 4.09. The highest BCUT2D eigenvalue weighted by Crippen LogP contribution is 2.25. The molecule has 0 unspecified atom stereocenters. The Hall–Kier alpha value is -2.10. The van der Waals surface area contributed by atoms with Crippen LogP contribution in [0.3, 0.4) is 0 Å². The minimum absolute atomic E-state index is 0.131. The summed E-state index contributed by atoms with van der Waals surface area (Å²) in [5.74, 6) is 1.24. The van der Waals surface area contributed by atoms with Crippen LogP contribution in [0.15, 0.2) is 28.8 Å². The van der Waals surface area contributed by atoms with Gasteiger partial charge in [0.1, 0.15) is 5.69 Å². The molecule has 1 amide bonds. The van der Waals surface area contributed by atoms with Crippen molar-refractivity contribution in [3.63, 3.8) is 0 Å². The Kier molecular flexibility index (Phi) is 5.01. The SMILES string of the molecule is Cc1ccc(-c2cc(CN(C)C(=O)CC(C)C)no2)c(C)c1. The minimum atomic E-state index is 0.131. The lowest BCUT2D eigenvalue weighted by atomic mass is 10.0. The molecule has 0 aliphatic rings. The molecule has 0 fully saturated rings. The van der Waals surface area contributed by atoms with Crippen molar-refractivity contribution >= 4 is 5.91 Å². The van der Waals surface area contributed by atoms with Crippen LogP contribution in [0.1, 0.15) is 37.1 Å². The molecular formula is C18H24N2O2. The molecule has 118 valence electrons. The van der Waals surface area contributed by atoms with Crippen LogP contribution in [0.4, 0.5) is 0 Å².